The minimum atomic E-state index is -0.424. The van der Waals surface area contributed by atoms with E-state index in [2.05, 4.69) is 16.0 Å². The molecule has 1 fully saturated rings. The summed E-state index contributed by atoms with van der Waals surface area (Å²) in [5, 5.41) is 8.05. The van der Waals surface area contributed by atoms with Gasteiger partial charge in [0.15, 0.2) is 0 Å². The van der Waals surface area contributed by atoms with E-state index in [0.29, 0.717) is 18.7 Å². The summed E-state index contributed by atoms with van der Waals surface area (Å²) in [4.78, 5) is 23.1. The van der Waals surface area contributed by atoms with Crippen LogP contribution < -0.4 is 16.0 Å². The Morgan fingerprint density at radius 3 is 2.76 bits per heavy atom. The second kappa shape index (κ2) is 5.34. The van der Waals surface area contributed by atoms with Crippen LogP contribution >= 0.6 is 0 Å². The first-order chi connectivity index (χ1) is 8.25. The lowest BCUT2D eigenvalue weighted by molar-refractivity contribution is -0.124. The SMILES string of the molecule is O=C(Nc1ccccc1)NC1CCCNC1=O. The van der Waals surface area contributed by atoms with Gasteiger partial charge < -0.3 is 16.0 Å². The molecule has 1 saturated heterocycles. The number of piperidine rings is 1. The van der Waals surface area contributed by atoms with Crippen LogP contribution in [0.1, 0.15) is 12.8 Å². The van der Waals surface area contributed by atoms with Gasteiger partial charge in [0.2, 0.25) is 5.91 Å². The molecule has 5 heteroatoms. The summed E-state index contributed by atoms with van der Waals surface area (Å²) in [6.07, 6.45) is 1.58. The number of urea groups is 1. The van der Waals surface area contributed by atoms with Crippen molar-refractivity contribution in [2.75, 3.05) is 11.9 Å². The van der Waals surface area contributed by atoms with Gasteiger partial charge in [-0.05, 0) is 25.0 Å². The van der Waals surface area contributed by atoms with E-state index in [-0.39, 0.29) is 11.9 Å². The fourth-order valence-electron chi connectivity index (χ4n) is 1.76. The number of benzene rings is 1. The predicted octanol–water partition coefficient (Wildman–Crippen LogP) is 1.09. The molecular formula is C12H15N3O2. The molecule has 5 nitrogen and oxygen atoms in total. The van der Waals surface area contributed by atoms with Crippen molar-refractivity contribution < 1.29 is 9.59 Å². The summed E-state index contributed by atoms with van der Waals surface area (Å²) in [5.41, 5.74) is 0.709. The highest BCUT2D eigenvalue weighted by molar-refractivity contribution is 5.93. The monoisotopic (exact) mass is 233 g/mol. The Kier molecular flexibility index (Phi) is 3.59. The molecule has 0 bridgehead atoms. The summed E-state index contributed by atoms with van der Waals surface area (Å²) in [6, 6.07) is 8.36. The summed E-state index contributed by atoms with van der Waals surface area (Å²) < 4.78 is 0. The van der Waals surface area contributed by atoms with Crippen LogP contribution in [-0.4, -0.2) is 24.5 Å². The Morgan fingerprint density at radius 1 is 1.29 bits per heavy atom. The zero-order valence-electron chi connectivity index (χ0n) is 9.40. The largest absolute Gasteiger partial charge is 0.354 e. The zero-order chi connectivity index (χ0) is 12.1. The Hall–Kier alpha value is -2.04. The second-order valence-electron chi connectivity index (χ2n) is 3.95. The number of anilines is 1. The molecule has 1 heterocycles. The summed E-state index contributed by atoms with van der Waals surface area (Å²) in [5.74, 6) is -0.112. The topological polar surface area (TPSA) is 70.2 Å². The number of rotatable bonds is 2. The van der Waals surface area contributed by atoms with Crippen molar-refractivity contribution in [2.24, 2.45) is 0 Å². The number of amides is 3. The molecular weight excluding hydrogens is 218 g/mol. The maximum Gasteiger partial charge on any atom is 0.319 e. The van der Waals surface area contributed by atoms with Crippen LogP contribution in [0.3, 0.4) is 0 Å². The number of para-hydroxylation sites is 1. The van der Waals surface area contributed by atoms with Gasteiger partial charge in [-0.25, -0.2) is 4.79 Å². The molecule has 0 spiro atoms. The van der Waals surface area contributed by atoms with Crippen molar-refractivity contribution in [2.45, 2.75) is 18.9 Å². The first-order valence-electron chi connectivity index (χ1n) is 5.66. The lowest BCUT2D eigenvalue weighted by atomic mass is 10.1. The van der Waals surface area contributed by atoms with Gasteiger partial charge >= 0.3 is 6.03 Å². The van der Waals surface area contributed by atoms with Crippen molar-refractivity contribution in [1.82, 2.24) is 10.6 Å². The number of hydrogen-bond acceptors (Lipinski definition) is 2. The van der Waals surface area contributed by atoms with Gasteiger partial charge in [0.1, 0.15) is 6.04 Å². The highest BCUT2D eigenvalue weighted by Gasteiger charge is 2.23. The molecule has 17 heavy (non-hydrogen) atoms. The molecule has 90 valence electrons. The van der Waals surface area contributed by atoms with Gasteiger partial charge in [0.25, 0.3) is 0 Å². The third kappa shape index (κ3) is 3.21. The second-order valence-corrected chi connectivity index (χ2v) is 3.95. The van der Waals surface area contributed by atoms with Gasteiger partial charge in [-0.15, -0.1) is 0 Å². The molecule has 3 N–H and O–H groups in total. The fourth-order valence-corrected chi connectivity index (χ4v) is 1.76. The highest BCUT2D eigenvalue weighted by Crippen LogP contribution is 2.06. The number of nitrogens with one attached hydrogen (secondary N) is 3. The average molecular weight is 233 g/mol. The molecule has 1 aromatic carbocycles. The molecule has 0 radical (unpaired) electrons. The summed E-state index contributed by atoms with van der Waals surface area (Å²) in [6.45, 7) is 0.692. The van der Waals surface area contributed by atoms with Gasteiger partial charge in [-0.1, -0.05) is 18.2 Å². The van der Waals surface area contributed by atoms with Gasteiger partial charge in [0.05, 0.1) is 0 Å². The van der Waals surface area contributed by atoms with E-state index < -0.39 is 6.04 Å². The minimum Gasteiger partial charge on any atom is -0.354 e. The van der Waals surface area contributed by atoms with E-state index in [1.165, 1.54) is 0 Å². The van der Waals surface area contributed by atoms with Gasteiger partial charge in [-0.3, -0.25) is 4.79 Å². The first-order valence-corrected chi connectivity index (χ1v) is 5.66. The number of carbonyl (C=O) groups is 2. The molecule has 3 amide bonds. The number of hydrogen-bond donors (Lipinski definition) is 3. The van der Waals surface area contributed by atoms with Crippen molar-refractivity contribution >= 4 is 17.6 Å². The summed E-state index contributed by atoms with van der Waals surface area (Å²) >= 11 is 0. The quantitative estimate of drug-likeness (QED) is 0.715. The first kappa shape index (κ1) is 11.4. The summed E-state index contributed by atoms with van der Waals surface area (Å²) in [7, 11) is 0. The molecule has 0 saturated carbocycles. The Labute approximate surface area is 99.6 Å². The molecule has 2 rings (SSSR count). The van der Waals surface area contributed by atoms with Crippen LogP contribution in [0.25, 0.3) is 0 Å². The van der Waals surface area contributed by atoms with E-state index in [1.54, 1.807) is 12.1 Å². The van der Waals surface area contributed by atoms with Crippen LogP contribution in [0.15, 0.2) is 30.3 Å². The zero-order valence-corrected chi connectivity index (χ0v) is 9.40. The number of carbonyl (C=O) groups excluding carboxylic acids is 2. The molecule has 0 aromatic heterocycles. The van der Waals surface area contributed by atoms with Crippen molar-refractivity contribution in [3.8, 4) is 0 Å². The smallest absolute Gasteiger partial charge is 0.319 e. The molecule has 1 aliphatic rings. The molecule has 0 aliphatic carbocycles. The lowest BCUT2D eigenvalue weighted by Crippen LogP contribution is -2.51. The Balaban J connectivity index is 1.87. The highest BCUT2D eigenvalue weighted by atomic mass is 16.2. The van der Waals surface area contributed by atoms with Crippen LogP contribution in [-0.2, 0) is 4.79 Å². The van der Waals surface area contributed by atoms with Crippen molar-refractivity contribution in [3.63, 3.8) is 0 Å². The van der Waals surface area contributed by atoms with Crippen LogP contribution in [0.5, 0.6) is 0 Å². The van der Waals surface area contributed by atoms with Crippen LogP contribution in [0, 0.1) is 0 Å². The standard InChI is InChI=1S/C12H15N3O2/c16-11-10(7-4-8-13-11)15-12(17)14-9-5-2-1-3-6-9/h1-3,5-6,10H,4,7-8H2,(H,13,16)(H2,14,15,17). The van der Waals surface area contributed by atoms with E-state index >= 15 is 0 Å². The van der Waals surface area contributed by atoms with Gasteiger partial charge in [-0.2, -0.15) is 0 Å². The normalized spacial score (nSPS) is 19.3. The lowest BCUT2D eigenvalue weighted by Gasteiger charge is -2.22. The maximum atomic E-state index is 11.6. The third-order valence-corrected chi connectivity index (χ3v) is 2.62. The minimum absolute atomic E-state index is 0.112. The predicted molar refractivity (Wildman–Crippen MR) is 64.6 cm³/mol. The Bertz CT molecular complexity index is 405. The van der Waals surface area contributed by atoms with E-state index in [9.17, 15) is 9.59 Å². The average Bonchev–Trinajstić information content (AvgIpc) is 2.33. The molecule has 1 atom stereocenters. The maximum absolute atomic E-state index is 11.6. The molecule has 1 aliphatic heterocycles. The van der Waals surface area contributed by atoms with Crippen molar-refractivity contribution in [1.29, 1.82) is 0 Å². The van der Waals surface area contributed by atoms with Crippen LogP contribution in [0.2, 0.25) is 0 Å². The van der Waals surface area contributed by atoms with Gasteiger partial charge in [0, 0.05) is 12.2 Å². The Morgan fingerprint density at radius 2 is 2.06 bits per heavy atom. The van der Waals surface area contributed by atoms with E-state index in [1.807, 2.05) is 18.2 Å². The molecule has 1 aromatic rings. The van der Waals surface area contributed by atoms with E-state index in [4.69, 9.17) is 0 Å². The van der Waals surface area contributed by atoms with Crippen molar-refractivity contribution in [3.05, 3.63) is 30.3 Å². The third-order valence-electron chi connectivity index (χ3n) is 2.62. The van der Waals surface area contributed by atoms with Crippen LogP contribution in [0.4, 0.5) is 10.5 Å². The molecule has 1 unspecified atom stereocenters. The van der Waals surface area contributed by atoms with E-state index in [0.717, 1.165) is 6.42 Å². The fraction of sp³-hybridized carbons (Fsp3) is 0.333.